The van der Waals surface area contributed by atoms with E-state index in [-0.39, 0.29) is 24.3 Å². The molecule has 5 nitrogen and oxygen atoms in total. The van der Waals surface area contributed by atoms with E-state index in [2.05, 4.69) is 10.6 Å². The quantitative estimate of drug-likeness (QED) is 0.682. The Labute approximate surface area is 121 Å². The van der Waals surface area contributed by atoms with Crippen molar-refractivity contribution in [3.63, 3.8) is 0 Å². The maximum absolute atomic E-state index is 12.2. The van der Waals surface area contributed by atoms with Gasteiger partial charge in [0.05, 0.1) is 0 Å². The van der Waals surface area contributed by atoms with Crippen molar-refractivity contribution < 1.29 is 14.7 Å². The normalized spacial score (nSPS) is 24.2. The zero-order valence-electron chi connectivity index (χ0n) is 12.8. The van der Waals surface area contributed by atoms with E-state index in [0.29, 0.717) is 18.4 Å². The monoisotopic (exact) mass is 284 g/mol. The molecule has 1 saturated carbocycles. The summed E-state index contributed by atoms with van der Waals surface area (Å²) < 4.78 is 0. The third-order valence-corrected chi connectivity index (χ3v) is 4.15. The average molecular weight is 284 g/mol. The van der Waals surface area contributed by atoms with Crippen molar-refractivity contribution in [2.45, 2.75) is 52.5 Å². The molecule has 0 spiro atoms. The van der Waals surface area contributed by atoms with E-state index < -0.39 is 6.04 Å². The van der Waals surface area contributed by atoms with Crippen molar-refractivity contribution in [1.82, 2.24) is 10.6 Å². The van der Waals surface area contributed by atoms with Gasteiger partial charge < -0.3 is 15.7 Å². The molecule has 0 radical (unpaired) electrons. The van der Waals surface area contributed by atoms with E-state index in [4.69, 9.17) is 0 Å². The van der Waals surface area contributed by atoms with Gasteiger partial charge >= 0.3 is 0 Å². The molecule has 1 aliphatic carbocycles. The van der Waals surface area contributed by atoms with Crippen LogP contribution in [0, 0.1) is 17.8 Å². The Morgan fingerprint density at radius 1 is 1.20 bits per heavy atom. The highest BCUT2D eigenvalue weighted by atomic mass is 16.3. The van der Waals surface area contributed by atoms with Crippen LogP contribution >= 0.6 is 0 Å². The molecule has 0 aliphatic heterocycles. The number of amides is 2. The van der Waals surface area contributed by atoms with Crippen LogP contribution in [0.3, 0.4) is 0 Å². The summed E-state index contributed by atoms with van der Waals surface area (Å²) in [6.45, 7) is 6.03. The first-order valence-corrected chi connectivity index (χ1v) is 7.61. The highest BCUT2D eigenvalue weighted by Gasteiger charge is 2.27. The molecule has 0 heterocycles. The van der Waals surface area contributed by atoms with Crippen LogP contribution < -0.4 is 10.6 Å². The minimum absolute atomic E-state index is 0.0545. The van der Waals surface area contributed by atoms with Gasteiger partial charge in [0.1, 0.15) is 6.04 Å². The van der Waals surface area contributed by atoms with Crippen molar-refractivity contribution in [1.29, 1.82) is 0 Å². The van der Waals surface area contributed by atoms with E-state index in [1.54, 1.807) is 0 Å². The lowest BCUT2D eigenvalue weighted by Gasteiger charge is -2.31. The Morgan fingerprint density at radius 2 is 1.80 bits per heavy atom. The first-order chi connectivity index (χ1) is 9.45. The highest BCUT2D eigenvalue weighted by Crippen LogP contribution is 2.29. The van der Waals surface area contributed by atoms with Crippen LogP contribution in [-0.2, 0) is 9.59 Å². The molecule has 1 fully saturated rings. The Kier molecular flexibility index (Phi) is 6.99. The lowest BCUT2D eigenvalue weighted by atomic mass is 9.79. The summed E-state index contributed by atoms with van der Waals surface area (Å²) in [7, 11) is 0. The van der Waals surface area contributed by atoms with Crippen molar-refractivity contribution >= 4 is 11.8 Å². The number of hydrogen-bond acceptors (Lipinski definition) is 3. The number of carbonyl (C=O) groups excluding carboxylic acids is 2. The number of aliphatic hydroxyl groups excluding tert-OH is 1. The van der Waals surface area contributed by atoms with Crippen LogP contribution in [0.15, 0.2) is 0 Å². The molecule has 5 heteroatoms. The van der Waals surface area contributed by atoms with Gasteiger partial charge in [0.2, 0.25) is 11.8 Å². The number of hydrogen-bond donors (Lipinski definition) is 3. The first-order valence-electron chi connectivity index (χ1n) is 7.61. The smallest absolute Gasteiger partial charge is 0.242 e. The molecular formula is C15H28N2O3. The van der Waals surface area contributed by atoms with Crippen molar-refractivity contribution in [3.8, 4) is 0 Å². The molecule has 1 rings (SSSR count). The third kappa shape index (κ3) is 5.12. The van der Waals surface area contributed by atoms with Crippen LogP contribution in [-0.4, -0.2) is 36.1 Å². The molecule has 3 N–H and O–H groups in total. The minimum Gasteiger partial charge on any atom is -0.396 e. The molecule has 116 valence electrons. The number of aliphatic hydroxyl groups is 1. The van der Waals surface area contributed by atoms with Gasteiger partial charge in [-0.2, -0.15) is 0 Å². The zero-order valence-corrected chi connectivity index (χ0v) is 12.8. The van der Waals surface area contributed by atoms with E-state index in [1.165, 1.54) is 6.92 Å². The Morgan fingerprint density at radius 3 is 2.30 bits per heavy atom. The fourth-order valence-electron chi connectivity index (χ4n) is 2.89. The second kappa shape index (κ2) is 8.25. The van der Waals surface area contributed by atoms with Gasteiger partial charge in [0.25, 0.3) is 0 Å². The molecule has 0 aromatic rings. The summed E-state index contributed by atoms with van der Waals surface area (Å²) in [5, 5.41) is 15.0. The molecule has 0 aromatic heterocycles. The summed E-state index contributed by atoms with van der Waals surface area (Å²) >= 11 is 0. The largest absolute Gasteiger partial charge is 0.396 e. The first kappa shape index (κ1) is 17.0. The van der Waals surface area contributed by atoms with Gasteiger partial charge in [-0.15, -0.1) is 0 Å². The van der Waals surface area contributed by atoms with Gasteiger partial charge in [-0.1, -0.05) is 26.7 Å². The topological polar surface area (TPSA) is 78.4 Å². The maximum atomic E-state index is 12.2. The molecule has 2 amide bonds. The standard InChI is InChI=1S/C15H28N2O3/c1-10(2)14(17-11(3)19)15(20)16-8-12-6-4-5-7-13(12)9-18/h10,12-14,18H,4-9H2,1-3H3,(H,16,20)(H,17,19). The average Bonchev–Trinajstić information content (AvgIpc) is 2.42. The molecule has 0 bridgehead atoms. The molecule has 0 aromatic carbocycles. The number of rotatable bonds is 6. The Hall–Kier alpha value is -1.10. The van der Waals surface area contributed by atoms with Gasteiger partial charge in [-0.3, -0.25) is 9.59 Å². The fraction of sp³-hybridized carbons (Fsp3) is 0.867. The predicted octanol–water partition coefficient (Wildman–Crippen LogP) is 1.06. The summed E-state index contributed by atoms with van der Waals surface area (Å²) in [4.78, 5) is 23.3. The molecule has 3 unspecified atom stereocenters. The third-order valence-electron chi connectivity index (χ3n) is 4.15. The highest BCUT2D eigenvalue weighted by molar-refractivity contribution is 5.87. The van der Waals surface area contributed by atoms with Crippen molar-refractivity contribution in [2.75, 3.05) is 13.2 Å². The van der Waals surface area contributed by atoms with Crippen LogP contribution in [0.2, 0.25) is 0 Å². The van der Waals surface area contributed by atoms with E-state index in [9.17, 15) is 14.7 Å². The van der Waals surface area contributed by atoms with Crippen molar-refractivity contribution in [3.05, 3.63) is 0 Å². The van der Waals surface area contributed by atoms with Gasteiger partial charge in [-0.05, 0) is 30.6 Å². The van der Waals surface area contributed by atoms with Crippen LogP contribution in [0.25, 0.3) is 0 Å². The van der Waals surface area contributed by atoms with Crippen molar-refractivity contribution in [2.24, 2.45) is 17.8 Å². The predicted molar refractivity (Wildman–Crippen MR) is 78.0 cm³/mol. The minimum atomic E-state index is -0.483. The summed E-state index contributed by atoms with van der Waals surface area (Å²) in [5.74, 6) is 0.381. The molecule has 0 saturated heterocycles. The second-order valence-electron chi connectivity index (χ2n) is 6.15. The van der Waals surface area contributed by atoms with E-state index in [1.807, 2.05) is 13.8 Å². The lowest BCUT2D eigenvalue weighted by Crippen LogP contribution is -2.50. The van der Waals surface area contributed by atoms with E-state index in [0.717, 1.165) is 25.7 Å². The van der Waals surface area contributed by atoms with Crippen LogP contribution in [0.5, 0.6) is 0 Å². The van der Waals surface area contributed by atoms with E-state index >= 15 is 0 Å². The second-order valence-corrected chi connectivity index (χ2v) is 6.15. The Balaban J connectivity index is 2.49. The Bertz CT molecular complexity index is 331. The van der Waals surface area contributed by atoms with Crippen LogP contribution in [0.1, 0.15) is 46.5 Å². The SMILES string of the molecule is CC(=O)NC(C(=O)NCC1CCCCC1CO)C(C)C. The van der Waals surface area contributed by atoms with Gasteiger partial charge in [0.15, 0.2) is 0 Å². The van der Waals surface area contributed by atoms with Crippen LogP contribution in [0.4, 0.5) is 0 Å². The zero-order chi connectivity index (χ0) is 15.1. The summed E-state index contributed by atoms with van der Waals surface area (Å²) in [6, 6.07) is -0.483. The lowest BCUT2D eigenvalue weighted by molar-refractivity contribution is -0.129. The number of carbonyl (C=O) groups is 2. The number of nitrogens with one attached hydrogen (secondary N) is 2. The van der Waals surface area contributed by atoms with Gasteiger partial charge in [-0.25, -0.2) is 0 Å². The molecule has 1 aliphatic rings. The molecule has 3 atom stereocenters. The fourth-order valence-corrected chi connectivity index (χ4v) is 2.89. The summed E-state index contributed by atoms with van der Waals surface area (Å²) in [6.07, 6.45) is 4.42. The maximum Gasteiger partial charge on any atom is 0.242 e. The molecule has 20 heavy (non-hydrogen) atoms. The molecular weight excluding hydrogens is 256 g/mol. The summed E-state index contributed by atoms with van der Waals surface area (Å²) in [5.41, 5.74) is 0. The van der Waals surface area contributed by atoms with Gasteiger partial charge in [0, 0.05) is 20.1 Å².